The van der Waals surface area contributed by atoms with Crippen LogP contribution in [0, 0.1) is 0 Å². The Kier molecular flexibility index (Phi) is 3.39. The highest BCUT2D eigenvalue weighted by atomic mass is 16.5. The molecule has 0 aliphatic heterocycles. The van der Waals surface area contributed by atoms with Gasteiger partial charge in [-0.2, -0.15) is 0 Å². The number of hydrogen-bond donors (Lipinski definition) is 1. The lowest BCUT2D eigenvalue weighted by Gasteiger charge is -2.05. The SMILES string of the molecule is O=C(O)c1cc(-c2cn(Cc3ccccc3)c3ccccc23)on1. The zero-order valence-electron chi connectivity index (χ0n) is 12.7. The van der Waals surface area contributed by atoms with E-state index in [4.69, 9.17) is 9.63 Å². The van der Waals surface area contributed by atoms with Crippen LogP contribution in [0.25, 0.3) is 22.2 Å². The third-order valence-corrected chi connectivity index (χ3v) is 3.98. The average molecular weight is 318 g/mol. The van der Waals surface area contributed by atoms with Gasteiger partial charge in [0.05, 0.1) is 0 Å². The van der Waals surface area contributed by atoms with Crippen molar-refractivity contribution in [2.45, 2.75) is 6.54 Å². The lowest BCUT2D eigenvalue weighted by molar-refractivity contribution is 0.0686. The average Bonchev–Trinajstić information content (AvgIpc) is 3.21. The van der Waals surface area contributed by atoms with Crippen LogP contribution < -0.4 is 0 Å². The molecule has 0 unspecified atom stereocenters. The van der Waals surface area contributed by atoms with Crippen molar-refractivity contribution in [2.24, 2.45) is 0 Å². The van der Waals surface area contributed by atoms with Gasteiger partial charge in [-0.1, -0.05) is 53.7 Å². The van der Waals surface area contributed by atoms with E-state index in [1.54, 1.807) is 0 Å². The molecule has 2 aromatic carbocycles. The Hall–Kier alpha value is -3.34. The summed E-state index contributed by atoms with van der Waals surface area (Å²) in [7, 11) is 0. The first-order valence-electron chi connectivity index (χ1n) is 7.54. The molecule has 0 spiro atoms. The van der Waals surface area contributed by atoms with Crippen LogP contribution in [0.1, 0.15) is 16.1 Å². The molecule has 5 nitrogen and oxygen atoms in total. The third-order valence-electron chi connectivity index (χ3n) is 3.98. The minimum atomic E-state index is -1.10. The fourth-order valence-corrected chi connectivity index (χ4v) is 2.86. The molecule has 5 heteroatoms. The Morgan fingerprint density at radius 1 is 1.08 bits per heavy atom. The van der Waals surface area contributed by atoms with E-state index in [0.29, 0.717) is 5.76 Å². The Morgan fingerprint density at radius 2 is 1.83 bits per heavy atom. The van der Waals surface area contributed by atoms with Gasteiger partial charge in [0, 0.05) is 35.3 Å². The number of carboxylic acids is 1. The van der Waals surface area contributed by atoms with Gasteiger partial charge in [-0.3, -0.25) is 0 Å². The Morgan fingerprint density at radius 3 is 2.58 bits per heavy atom. The number of para-hydroxylation sites is 1. The van der Waals surface area contributed by atoms with Crippen LogP contribution in [0.2, 0.25) is 0 Å². The van der Waals surface area contributed by atoms with Gasteiger partial charge in [0.15, 0.2) is 11.5 Å². The summed E-state index contributed by atoms with van der Waals surface area (Å²) >= 11 is 0. The zero-order chi connectivity index (χ0) is 16.5. The summed E-state index contributed by atoms with van der Waals surface area (Å²) in [6, 6.07) is 19.6. The highest BCUT2D eigenvalue weighted by Crippen LogP contribution is 2.31. The van der Waals surface area contributed by atoms with Crippen LogP contribution in [0.3, 0.4) is 0 Å². The molecule has 0 saturated heterocycles. The summed E-state index contributed by atoms with van der Waals surface area (Å²) in [5.74, 6) is -0.645. The summed E-state index contributed by atoms with van der Waals surface area (Å²) in [5.41, 5.74) is 2.99. The Balaban J connectivity index is 1.83. The number of benzene rings is 2. The fourth-order valence-electron chi connectivity index (χ4n) is 2.86. The lowest BCUT2D eigenvalue weighted by Crippen LogP contribution is -1.97. The van der Waals surface area contributed by atoms with Gasteiger partial charge in [0.1, 0.15) is 0 Å². The quantitative estimate of drug-likeness (QED) is 0.616. The van der Waals surface area contributed by atoms with Crippen molar-refractivity contribution >= 4 is 16.9 Å². The Labute approximate surface area is 137 Å². The normalized spacial score (nSPS) is 11.0. The monoisotopic (exact) mass is 318 g/mol. The van der Waals surface area contributed by atoms with Crippen LogP contribution in [0.15, 0.2) is 71.4 Å². The van der Waals surface area contributed by atoms with E-state index in [-0.39, 0.29) is 5.69 Å². The smallest absolute Gasteiger partial charge is 0.358 e. The molecule has 0 atom stereocenters. The van der Waals surface area contributed by atoms with Crippen LogP contribution in [0.5, 0.6) is 0 Å². The molecule has 4 rings (SSSR count). The largest absolute Gasteiger partial charge is 0.476 e. The molecule has 0 amide bonds. The molecule has 0 fully saturated rings. The first kappa shape index (κ1) is 14.3. The minimum Gasteiger partial charge on any atom is -0.476 e. The van der Waals surface area contributed by atoms with Crippen molar-refractivity contribution < 1.29 is 14.4 Å². The van der Waals surface area contributed by atoms with Gasteiger partial charge < -0.3 is 14.2 Å². The molecule has 2 heterocycles. The number of carboxylic acid groups (broad SMARTS) is 1. The van der Waals surface area contributed by atoms with Crippen molar-refractivity contribution in [1.82, 2.24) is 9.72 Å². The van der Waals surface area contributed by atoms with Gasteiger partial charge in [-0.25, -0.2) is 4.79 Å². The van der Waals surface area contributed by atoms with Crippen molar-refractivity contribution in [3.05, 3.63) is 78.1 Å². The summed E-state index contributed by atoms with van der Waals surface area (Å²) < 4.78 is 7.37. The van der Waals surface area contributed by atoms with Crippen molar-refractivity contribution in [3.63, 3.8) is 0 Å². The maximum absolute atomic E-state index is 11.0. The number of rotatable bonds is 4. The lowest BCUT2D eigenvalue weighted by atomic mass is 10.1. The number of aromatic carboxylic acids is 1. The number of aromatic nitrogens is 2. The molecule has 0 bridgehead atoms. The first-order valence-corrected chi connectivity index (χ1v) is 7.54. The van der Waals surface area contributed by atoms with E-state index >= 15 is 0 Å². The maximum atomic E-state index is 11.0. The number of hydrogen-bond acceptors (Lipinski definition) is 3. The number of nitrogens with zero attached hydrogens (tertiary/aromatic N) is 2. The second-order valence-electron chi connectivity index (χ2n) is 5.55. The fraction of sp³-hybridized carbons (Fsp3) is 0.0526. The molecule has 1 N–H and O–H groups in total. The molecule has 0 aliphatic rings. The topological polar surface area (TPSA) is 68.3 Å². The van der Waals surface area contributed by atoms with E-state index in [1.165, 1.54) is 11.6 Å². The van der Waals surface area contributed by atoms with Gasteiger partial charge in [0.25, 0.3) is 0 Å². The van der Waals surface area contributed by atoms with E-state index in [0.717, 1.165) is 23.0 Å². The molecular formula is C19H14N2O3. The molecule has 4 aromatic rings. The van der Waals surface area contributed by atoms with Gasteiger partial charge in [-0.15, -0.1) is 0 Å². The number of fused-ring (bicyclic) bond motifs is 1. The van der Waals surface area contributed by atoms with E-state index in [9.17, 15) is 4.79 Å². The predicted molar refractivity (Wildman–Crippen MR) is 89.9 cm³/mol. The first-order chi connectivity index (χ1) is 11.7. The van der Waals surface area contributed by atoms with E-state index < -0.39 is 5.97 Å². The maximum Gasteiger partial charge on any atom is 0.358 e. The Bertz CT molecular complexity index is 1020. The summed E-state index contributed by atoms with van der Waals surface area (Å²) in [5, 5.41) is 13.6. The predicted octanol–water partition coefficient (Wildman–Crippen LogP) is 4.04. The molecule has 24 heavy (non-hydrogen) atoms. The summed E-state index contributed by atoms with van der Waals surface area (Å²) in [4.78, 5) is 11.0. The summed E-state index contributed by atoms with van der Waals surface area (Å²) in [6.07, 6.45) is 1.98. The van der Waals surface area contributed by atoms with E-state index in [2.05, 4.69) is 21.9 Å². The highest BCUT2D eigenvalue weighted by molar-refractivity contribution is 5.96. The van der Waals surface area contributed by atoms with Crippen LogP contribution >= 0.6 is 0 Å². The highest BCUT2D eigenvalue weighted by Gasteiger charge is 2.17. The van der Waals surface area contributed by atoms with Crippen LogP contribution in [-0.4, -0.2) is 20.8 Å². The van der Waals surface area contributed by atoms with Crippen molar-refractivity contribution in [2.75, 3.05) is 0 Å². The second-order valence-corrected chi connectivity index (χ2v) is 5.55. The molecule has 0 aliphatic carbocycles. The zero-order valence-corrected chi connectivity index (χ0v) is 12.7. The van der Waals surface area contributed by atoms with Crippen molar-refractivity contribution in [3.8, 4) is 11.3 Å². The van der Waals surface area contributed by atoms with Crippen molar-refractivity contribution in [1.29, 1.82) is 0 Å². The molecule has 0 radical (unpaired) electrons. The third kappa shape index (κ3) is 2.46. The molecular weight excluding hydrogens is 304 g/mol. The van der Waals surface area contributed by atoms with Gasteiger partial charge >= 0.3 is 5.97 Å². The van der Waals surface area contributed by atoms with Gasteiger partial charge in [-0.05, 0) is 11.6 Å². The molecule has 118 valence electrons. The second kappa shape index (κ2) is 5.70. The van der Waals surface area contributed by atoms with Gasteiger partial charge in [0.2, 0.25) is 0 Å². The standard InChI is InChI=1S/C19H14N2O3/c22-19(23)16-10-18(24-20-16)15-12-21(11-13-6-2-1-3-7-13)17-9-5-4-8-14(15)17/h1-10,12H,11H2,(H,22,23). The minimum absolute atomic E-state index is 0.0927. The molecule has 2 aromatic heterocycles. The summed E-state index contributed by atoms with van der Waals surface area (Å²) in [6.45, 7) is 0.723. The number of carbonyl (C=O) groups is 1. The molecule has 0 saturated carbocycles. The van der Waals surface area contributed by atoms with E-state index in [1.807, 2.05) is 48.7 Å². The van der Waals surface area contributed by atoms with Crippen LogP contribution in [0.4, 0.5) is 0 Å². The van der Waals surface area contributed by atoms with Crippen LogP contribution in [-0.2, 0) is 6.54 Å².